The van der Waals surface area contributed by atoms with Crippen molar-refractivity contribution >= 4 is 40.7 Å². The van der Waals surface area contributed by atoms with Crippen molar-refractivity contribution in [2.45, 2.75) is 19.8 Å². The zero-order valence-electron chi connectivity index (χ0n) is 20.1. The Morgan fingerprint density at radius 3 is 2.57 bits per heavy atom. The molecule has 1 unspecified atom stereocenters. The molecule has 0 spiro atoms. The van der Waals surface area contributed by atoms with E-state index in [0.717, 1.165) is 5.06 Å². The molecular formula is C28H23NO8. The molecule has 0 saturated carbocycles. The Hall–Kier alpha value is -4.79. The maximum absolute atomic E-state index is 13.0. The summed E-state index contributed by atoms with van der Waals surface area (Å²) in [6.07, 6.45) is 6.19. The highest BCUT2D eigenvalue weighted by atomic mass is 16.7. The van der Waals surface area contributed by atoms with Gasteiger partial charge in [-0.25, -0.2) is 9.59 Å². The van der Waals surface area contributed by atoms with Crippen molar-refractivity contribution in [2.75, 3.05) is 7.05 Å². The van der Waals surface area contributed by atoms with Crippen LogP contribution in [0.4, 0.5) is 0 Å². The molecule has 0 saturated heterocycles. The van der Waals surface area contributed by atoms with Crippen LogP contribution in [-0.2, 0) is 24.0 Å². The van der Waals surface area contributed by atoms with Crippen molar-refractivity contribution in [1.82, 2.24) is 5.06 Å². The van der Waals surface area contributed by atoms with Gasteiger partial charge in [-0.05, 0) is 36.8 Å². The first-order chi connectivity index (χ1) is 17.6. The van der Waals surface area contributed by atoms with Crippen molar-refractivity contribution in [3.8, 4) is 11.3 Å². The summed E-state index contributed by atoms with van der Waals surface area (Å²) >= 11 is 0. The molecule has 1 heterocycles. The maximum atomic E-state index is 13.0. The minimum Gasteiger partial charge on any atom is -0.478 e. The molecule has 1 aromatic carbocycles. The smallest absolute Gasteiger partial charge is 0.345 e. The molecule has 1 N–H and O–H groups in total. The first-order valence-electron chi connectivity index (χ1n) is 11.4. The fourth-order valence-electron chi connectivity index (χ4n) is 4.01. The van der Waals surface area contributed by atoms with Crippen LogP contribution in [0.25, 0.3) is 27.9 Å². The number of carbonyl (C=O) groups is 4. The summed E-state index contributed by atoms with van der Waals surface area (Å²) in [5.74, 6) is -2.31. The number of carbonyl (C=O) groups excluding carboxylic acids is 3. The summed E-state index contributed by atoms with van der Waals surface area (Å²) in [5.41, 5.74) is 0.0220. The number of amides is 1. The van der Waals surface area contributed by atoms with E-state index in [-0.39, 0.29) is 29.6 Å². The van der Waals surface area contributed by atoms with E-state index in [1.165, 1.54) is 50.4 Å². The van der Waals surface area contributed by atoms with E-state index in [1.54, 1.807) is 30.3 Å². The van der Waals surface area contributed by atoms with Gasteiger partial charge in [0.1, 0.15) is 23.0 Å². The Morgan fingerprint density at radius 2 is 1.84 bits per heavy atom. The van der Waals surface area contributed by atoms with E-state index in [1.807, 2.05) is 0 Å². The van der Waals surface area contributed by atoms with Gasteiger partial charge in [-0.15, -0.1) is 0 Å². The summed E-state index contributed by atoms with van der Waals surface area (Å²) in [4.78, 5) is 65.2. The average molecular weight is 501 g/mol. The molecule has 9 heteroatoms. The van der Waals surface area contributed by atoms with Gasteiger partial charge < -0.3 is 19.2 Å². The van der Waals surface area contributed by atoms with Crippen molar-refractivity contribution < 1.29 is 33.5 Å². The first-order valence-corrected chi connectivity index (χ1v) is 11.4. The van der Waals surface area contributed by atoms with Gasteiger partial charge in [-0.3, -0.25) is 9.59 Å². The van der Waals surface area contributed by atoms with E-state index in [9.17, 15) is 29.1 Å². The number of nitrogens with zero attached hydrogens (tertiary/aromatic N) is 1. The summed E-state index contributed by atoms with van der Waals surface area (Å²) < 4.78 is 5.91. The Kier molecular flexibility index (Phi) is 6.88. The lowest BCUT2D eigenvalue weighted by Gasteiger charge is -2.23. The number of hydroxylamine groups is 2. The van der Waals surface area contributed by atoms with Gasteiger partial charge in [0.05, 0.1) is 5.57 Å². The minimum atomic E-state index is -1.42. The molecule has 1 amide bonds. The number of aldehydes is 1. The monoisotopic (exact) mass is 501 g/mol. The number of hydrogen-bond donors (Lipinski definition) is 1. The van der Waals surface area contributed by atoms with Gasteiger partial charge in [0.15, 0.2) is 5.43 Å². The molecular weight excluding hydrogens is 478 g/mol. The fraction of sp³-hybridized carbons (Fsp3) is 0.179. The molecule has 3 aliphatic rings. The van der Waals surface area contributed by atoms with Crippen LogP contribution in [0.3, 0.4) is 0 Å². The predicted molar refractivity (Wildman–Crippen MR) is 134 cm³/mol. The third kappa shape index (κ3) is 4.97. The highest BCUT2D eigenvalue weighted by Gasteiger charge is 2.34. The number of rotatable bonds is 6. The van der Waals surface area contributed by atoms with Crippen LogP contribution < -0.4 is 5.43 Å². The van der Waals surface area contributed by atoms with Crippen LogP contribution in [0.15, 0.2) is 81.6 Å². The van der Waals surface area contributed by atoms with E-state index < -0.39 is 23.3 Å². The van der Waals surface area contributed by atoms with Crippen LogP contribution in [0.5, 0.6) is 0 Å². The van der Waals surface area contributed by atoms with Gasteiger partial charge in [-0.2, -0.15) is 5.06 Å². The molecule has 0 aromatic heterocycles. The molecule has 37 heavy (non-hydrogen) atoms. The largest absolute Gasteiger partial charge is 0.478 e. The zero-order chi connectivity index (χ0) is 26.7. The fourth-order valence-corrected chi connectivity index (χ4v) is 4.01. The van der Waals surface area contributed by atoms with Crippen molar-refractivity contribution in [3.05, 3.63) is 88.1 Å². The first kappa shape index (κ1) is 25.3. The Bertz CT molecular complexity index is 1540. The molecule has 0 fully saturated rings. The van der Waals surface area contributed by atoms with Crippen molar-refractivity contribution in [1.29, 1.82) is 0 Å². The van der Waals surface area contributed by atoms with Crippen LogP contribution in [0.2, 0.25) is 0 Å². The number of fused-ring (bicyclic) bond motifs is 2. The molecule has 1 aliphatic heterocycles. The molecule has 9 nitrogen and oxygen atoms in total. The third-order valence-corrected chi connectivity index (χ3v) is 6.07. The van der Waals surface area contributed by atoms with Crippen LogP contribution in [0.1, 0.15) is 25.3 Å². The number of carboxylic acid groups (broad SMARTS) is 1. The highest BCUT2D eigenvalue weighted by Crippen LogP contribution is 2.41. The van der Waals surface area contributed by atoms with E-state index >= 15 is 0 Å². The second kappa shape index (κ2) is 10.1. The minimum absolute atomic E-state index is 0.00778. The molecule has 0 bridgehead atoms. The lowest BCUT2D eigenvalue weighted by Crippen LogP contribution is -2.35. The number of aliphatic carboxylic acids is 1. The average Bonchev–Trinajstić information content (AvgIpc) is 3.05. The standard InChI is InChI=1S/C28H23NO8/c1-28(27(35)37-29(2)24(32)8-5-15-30)13-11-18(19(12-14-28)26(33)34)25-20-6-3-4-7-22(20)36-23-16-17(31)9-10-21(23)25/h3-4,6-7,9-16H,5,8H2,1-2H3,(H,33,34). The number of allylic oxidation sites excluding steroid dienone is 2. The van der Waals surface area contributed by atoms with Crippen LogP contribution in [0, 0.1) is 5.41 Å². The molecule has 188 valence electrons. The second-order valence-corrected chi connectivity index (χ2v) is 8.69. The Labute approximate surface area is 211 Å². The molecule has 2 aliphatic carbocycles. The summed E-state index contributed by atoms with van der Waals surface area (Å²) in [7, 11) is 1.26. The van der Waals surface area contributed by atoms with Gasteiger partial charge >= 0.3 is 11.9 Å². The SMILES string of the molecule is CN(OC(=O)C1(C)C=CC(C(=O)O)=C(c2c3ccc(=O)cc-3oc3ccccc23)C=C1)C(=O)CCC=O. The zero-order valence-corrected chi connectivity index (χ0v) is 20.1. The molecule has 0 radical (unpaired) electrons. The summed E-state index contributed by atoms with van der Waals surface area (Å²) in [6, 6.07) is 11.3. The number of benzene rings is 2. The lowest BCUT2D eigenvalue weighted by atomic mass is 9.89. The predicted octanol–water partition coefficient (Wildman–Crippen LogP) is 3.76. The molecule has 4 rings (SSSR count). The van der Waals surface area contributed by atoms with Crippen molar-refractivity contribution in [3.63, 3.8) is 0 Å². The summed E-state index contributed by atoms with van der Waals surface area (Å²) in [5, 5.41) is 11.5. The third-order valence-electron chi connectivity index (χ3n) is 6.07. The molecule has 1 aromatic rings. The summed E-state index contributed by atoms with van der Waals surface area (Å²) in [6.45, 7) is 1.52. The van der Waals surface area contributed by atoms with Gasteiger partial charge in [0.25, 0.3) is 5.91 Å². The second-order valence-electron chi connectivity index (χ2n) is 8.69. The number of para-hydroxylation sites is 1. The highest BCUT2D eigenvalue weighted by molar-refractivity contribution is 6.09. The maximum Gasteiger partial charge on any atom is 0.345 e. The van der Waals surface area contributed by atoms with Crippen molar-refractivity contribution in [2.24, 2.45) is 5.41 Å². The van der Waals surface area contributed by atoms with E-state index in [2.05, 4.69) is 0 Å². The van der Waals surface area contributed by atoms with Gasteiger partial charge in [0, 0.05) is 42.5 Å². The number of hydrogen-bond acceptors (Lipinski definition) is 7. The Morgan fingerprint density at radius 1 is 1.11 bits per heavy atom. The van der Waals surface area contributed by atoms with E-state index in [0.29, 0.717) is 34.0 Å². The number of carboxylic acids is 1. The Balaban J connectivity index is 1.82. The molecule has 1 atom stereocenters. The normalized spacial score (nSPS) is 17.0. The lowest BCUT2D eigenvalue weighted by molar-refractivity contribution is -0.197. The van der Waals surface area contributed by atoms with Crippen LogP contribution in [-0.4, -0.2) is 41.3 Å². The topological polar surface area (TPSA) is 131 Å². The van der Waals surface area contributed by atoms with Gasteiger partial charge in [0.2, 0.25) is 0 Å². The quantitative estimate of drug-likeness (QED) is 0.307. The van der Waals surface area contributed by atoms with Gasteiger partial charge in [-0.1, -0.05) is 36.4 Å². The van der Waals surface area contributed by atoms with Crippen LogP contribution >= 0.6 is 0 Å². The van der Waals surface area contributed by atoms with E-state index in [4.69, 9.17) is 9.25 Å².